The van der Waals surface area contributed by atoms with E-state index in [9.17, 15) is 8.78 Å². The van der Waals surface area contributed by atoms with Crippen LogP contribution in [0.2, 0.25) is 0 Å². The summed E-state index contributed by atoms with van der Waals surface area (Å²) < 4.78 is 27.7. The van der Waals surface area contributed by atoms with Crippen molar-refractivity contribution in [2.45, 2.75) is 31.7 Å². The zero-order chi connectivity index (χ0) is 13.7. The maximum atomic E-state index is 13.9. The fourth-order valence-electron chi connectivity index (χ4n) is 2.29. The van der Waals surface area contributed by atoms with Crippen molar-refractivity contribution in [1.29, 1.82) is 0 Å². The minimum Gasteiger partial charge on any atom is -0.310 e. The van der Waals surface area contributed by atoms with Gasteiger partial charge in [-0.05, 0) is 19.4 Å². The molecule has 19 heavy (non-hydrogen) atoms. The zero-order valence-corrected chi connectivity index (χ0v) is 11.4. The molecule has 0 heterocycles. The number of alkyl halides is 2. The van der Waals surface area contributed by atoms with E-state index in [-0.39, 0.29) is 12.1 Å². The summed E-state index contributed by atoms with van der Waals surface area (Å²) in [5.74, 6) is -2.79. The Balaban J connectivity index is 1.72. The number of likely N-dealkylation sites (N-methyl/N-ethyl adjacent to an activating group) is 1. The highest BCUT2D eigenvalue weighted by atomic mass is 19.3. The van der Waals surface area contributed by atoms with Crippen molar-refractivity contribution in [3.8, 4) is 0 Å². The molecule has 0 amide bonds. The lowest BCUT2D eigenvalue weighted by Gasteiger charge is -2.21. The highest BCUT2D eigenvalue weighted by Gasteiger charge is 2.31. The Kier molecular flexibility index (Phi) is 4.88. The Hall–Kier alpha value is -1.00. The van der Waals surface area contributed by atoms with Crippen molar-refractivity contribution in [3.63, 3.8) is 0 Å². The number of rotatable bonds is 8. The minimum atomic E-state index is -2.79. The van der Waals surface area contributed by atoms with E-state index in [0.29, 0.717) is 12.6 Å². The second-order valence-electron chi connectivity index (χ2n) is 5.11. The molecule has 0 aliphatic heterocycles. The predicted octanol–water partition coefficient (Wildman–Crippen LogP) is 2.85. The normalized spacial score (nSPS) is 16.0. The van der Waals surface area contributed by atoms with E-state index in [1.165, 1.54) is 25.0 Å². The highest BCUT2D eigenvalue weighted by molar-refractivity contribution is 5.20. The molecular weight excluding hydrogens is 246 g/mol. The van der Waals surface area contributed by atoms with Gasteiger partial charge in [0.2, 0.25) is 0 Å². The van der Waals surface area contributed by atoms with Gasteiger partial charge in [-0.15, -0.1) is 0 Å². The van der Waals surface area contributed by atoms with Gasteiger partial charge in [0.25, 0.3) is 5.92 Å². The van der Waals surface area contributed by atoms with Crippen LogP contribution in [0.1, 0.15) is 25.3 Å². The average molecular weight is 268 g/mol. The topological polar surface area (TPSA) is 15.3 Å². The van der Waals surface area contributed by atoms with Crippen molar-refractivity contribution < 1.29 is 8.78 Å². The molecule has 2 rings (SSSR count). The monoisotopic (exact) mass is 268 g/mol. The first-order chi connectivity index (χ1) is 9.13. The molecule has 0 aromatic heterocycles. The third-order valence-corrected chi connectivity index (χ3v) is 3.59. The summed E-state index contributed by atoms with van der Waals surface area (Å²) >= 11 is 0. The molecule has 0 unspecified atom stereocenters. The van der Waals surface area contributed by atoms with Gasteiger partial charge in [0, 0.05) is 24.7 Å². The first-order valence-corrected chi connectivity index (χ1v) is 7.01. The van der Waals surface area contributed by atoms with E-state index in [4.69, 9.17) is 0 Å². The molecule has 1 aromatic carbocycles. The molecule has 0 bridgehead atoms. The van der Waals surface area contributed by atoms with Gasteiger partial charge >= 0.3 is 0 Å². The summed E-state index contributed by atoms with van der Waals surface area (Å²) in [6.45, 7) is 4.30. The van der Waals surface area contributed by atoms with Crippen LogP contribution >= 0.6 is 0 Å². The fourth-order valence-corrected chi connectivity index (χ4v) is 2.29. The second kappa shape index (κ2) is 6.44. The zero-order valence-electron chi connectivity index (χ0n) is 11.4. The summed E-state index contributed by atoms with van der Waals surface area (Å²) in [5.41, 5.74) is 0.0806. The molecule has 0 saturated heterocycles. The van der Waals surface area contributed by atoms with E-state index < -0.39 is 5.92 Å². The smallest absolute Gasteiger partial charge is 0.285 e. The van der Waals surface area contributed by atoms with Gasteiger partial charge in [-0.1, -0.05) is 37.3 Å². The largest absolute Gasteiger partial charge is 0.310 e. The van der Waals surface area contributed by atoms with Crippen molar-refractivity contribution >= 4 is 0 Å². The Morgan fingerprint density at radius 2 is 1.95 bits per heavy atom. The number of hydrogen-bond acceptors (Lipinski definition) is 2. The number of nitrogens with zero attached hydrogens (tertiary/aromatic N) is 1. The van der Waals surface area contributed by atoms with Gasteiger partial charge in [-0.2, -0.15) is 8.78 Å². The molecule has 1 N–H and O–H groups in total. The molecule has 1 fully saturated rings. The van der Waals surface area contributed by atoms with Crippen LogP contribution in [0.25, 0.3) is 0 Å². The highest BCUT2D eigenvalue weighted by Crippen LogP contribution is 2.27. The minimum absolute atomic E-state index is 0.0806. The van der Waals surface area contributed by atoms with Gasteiger partial charge in [0.1, 0.15) is 0 Å². The molecule has 106 valence electrons. The lowest BCUT2D eigenvalue weighted by molar-refractivity contribution is -0.00341. The molecule has 4 heteroatoms. The van der Waals surface area contributed by atoms with Gasteiger partial charge < -0.3 is 5.32 Å². The first kappa shape index (κ1) is 14.4. The fraction of sp³-hybridized carbons (Fsp3) is 0.600. The molecule has 0 atom stereocenters. The van der Waals surface area contributed by atoms with E-state index in [2.05, 4.69) is 17.1 Å². The summed E-state index contributed by atoms with van der Waals surface area (Å²) in [7, 11) is 0. The quantitative estimate of drug-likeness (QED) is 0.729. The van der Waals surface area contributed by atoms with Gasteiger partial charge in [0.05, 0.1) is 6.54 Å². The molecule has 0 radical (unpaired) electrons. The number of nitrogens with one attached hydrogen (secondary N) is 1. The van der Waals surface area contributed by atoms with Crippen molar-refractivity contribution in [1.82, 2.24) is 10.2 Å². The Labute approximate surface area is 113 Å². The Morgan fingerprint density at radius 1 is 1.26 bits per heavy atom. The van der Waals surface area contributed by atoms with Crippen LogP contribution in [0.15, 0.2) is 30.3 Å². The summed E-state index contributed by atoms with van der Waals surface area (Å²) in [4.78, 5) is 2.35. The standard InChI is InChI=1S/C15H22F2N2/c1-2-19(14-8-9-14)11-10-18-12-15(16,17)13-6-4-3-5-7-13/h3-7,14,18H,2,8-12H2,1H3. The lowest BCUT2D eigenvalue weighted by atomic mass is 10.1. The van der Waals surface area contributed by atoms with Crippen LogP contribution in [-0.2, 0) is 5.92 Å². The molecule has 2 nitrogen and oxygen atoms in total. The first-order valence-electron chi connectivity index (χ1n) is 7.01. The molecule has 1 aromatic rings. The molecule has 0 spiro atoms. The number of hydrogen-bond donors (Lipinski definition) is 1. The summed E-state index contributed by atoms with van der Waals surface area (Å²) in [6, 6.07) is 8.70. The lowest BCUT2D eigenvalue weighted by Crippen LogP contribution is -2.37. The van der Waals surface area contributed by atoms with Gasteiger partial charge in [0.15, 0.2) is 0 Å². The van der Waals surface area contributed by atoms with Crippen LogP contribution in [-0.4, -0.2) is 37.1 Å². The van der Waals surface area contributed by atoms with Crippen molar-refractivity contribution in [2.75, 3.05) is 26.2 Å². The number of halogens is 2. The van der Waals surface area contributed by atoms with E-state index in [1.807, 2.05) is 0 Å². The van der Waals surface area contributed by atoms with Gasteiger partial charge in [-0.25, -0.2) is 0 Å². The molecule has 1 saturated carbocycles. The van der Waals surface area contributed by atoms with Gasteiger partial charge in [-0.3, -0.25) is 4.90 Å². The summed E-state index contributed by atoms with van der Waals surface area (Å²) in [6.07, 6.45) is 2.52. The Morgan fingerprint density at radius 3 is 2.53 bits per heavy atom. The van der Waals surface area contributed by atoms with Crippen LogP contribution in [0.4, 0.5) is 8.78 Å². The predicted molar refractivity (Wildman–Crippen MR) is 73.5 cm³/mol. The third kappa shape index (κ3) is 4.25. The second-order valence-corrected chi connectivity index (χ2v) is 5.11. The van der Waals surface area contributed by atoms with Crippen LogP contribution in [0.5, 0.6) is 0 Å². The molecular formula is C15H22F2N2. The van der Waals surface area contributed by atoms with Crippen molar-refractivity contribution in [2.24, 2.45) is 0 Å². The summed E-state index contributed by atoms with van der Waals surface area (Å²) in [5, 5.41) is 2.88. The SMILES string of the molecule is CCN(CCNCC(F)(F)c1ccccc1)C1CC1. The van der Waals surface area contributed by atoms with E-state index in [1.54, 1.807) is 18.2 Å². The third-order valence-electron chi connectivity index (χ3n) is 3.59. The maximum absolute atomic E-state index is 13.9. The van der Waals surface area contributed by atoms with E-state index in [0.717, 1.165) is 13.1 Å². The number of benzene rings is 1. The van der Waals surface area contributed by atoms with Crippen LogP contribution < -0.4 is 5.32 Å². The van der Waals surface area contributed by atoms with E-state index >= 15 is 0 Å². The van der Waals surface area contributed by atoms with Crippen LogP contribution in [0, 0.1) is 0 Å². The van der Waals surface area contributed by atoms with Crippen LogP contribution in [0.3, 0.4) is 0 Å². The molecule has 1 aliphatic carbocycles. The molecule has 1 aliphatic rings. The van der Waals surface area contributed by atoms with Crippen molar-refractivity contribution in [3.05, 3.63) is 35.9 Å². The maximum Gasteiger partial charge on any atom is 0.285 e. The Bertz CT molecular complexity index is 377. The average Bonchev–Trinajstić information content (AvgIpc) is 3.24.